The van der Waals surface area contributed by atoms with Gasteiger partial charge in [-0.25, -0.2) is 17.2 Å². The highest BCUT2D eigenvalue weighted by Gasteiger charge is 2.56. The summed E-state index contributed by atoms with van der Waals surface area (Å²) in [4.78, 5) is -0.730. The zero-order valence-corrected chi connectivity index (χ0v) is 8.89. The van der Waals surface area contributed by atoms with Gasteiger partial charge in [0.1, 0.15) is 16.5 Å². The lowest BCUT2D eigenvalue weighted by atomic mass is 10.3. The Morgan fingerprint density at radius 1 is 1.31 bits per heavy atom. The fourth-order valence-corrected chi connectivity index (χ4v) is 3.22. The quantitative estimate of drug-likeness (QED) is 0.795. The van der Waals surface area contributed by atoms with Crippen LogP contribution in [0, 0.1) is 23.0 Å². The van der Waals surface area contributed by atoms with Crippen molar-refractivity contribution in [2.45, 2.75) is 22.5 Å². The van der Waals surface area contributed by atoms with Gasteiger partial charge in [0, 0.05) is 0 Å². The minimum Gasteiger partial charge on any atom is -0.222 e. The summed E-state index contributed by atoms with van der Waals surface area (Å²) < 4.78 is 48.4. The van der Waals surface area contributed by atoms with E-state index in [-0.39, 0.29) is 12.8 Å². The monoisotopic (exact) mass is 243 g/mol. The van der Waals surface area contributed by atoms with Crippen molar-refractivity contribution in [3.63, 3.8) is 0 Å². The van der Waals surface area contributed by atoms with Crippen molar-refractivity contribution < 1.29 is 17.2 Å². The van der Waals surface area contributed by atoms with Crippen LogP contribution in [0.5, 0.6) is 0 Å². The van der Waals surface area contributed by atoms with Crippen molar-refractivity contribution >= 4 is 9.84 Å². The average molecular weight is 243 g/mol. The van der Waals surface area contributed by atoms with Crippen molar-refractivity contribution in [3.8, 4) is 6.07 Å². The third kappa shape index (κ3) is 1.39. The molecule has 0 spiro atoms. The van der Waals surface area contributed by atoms with E-state index in [9.17, 15) is 17.2 Å². The predicted octanol–water partition coefficient (Wildman–Crippen LogP) is 1.79. The van der Waals surface area contributed by atoms with Crippen LogP contribution < -0.4 is 0 Å². The number of nitriles is 1. The van der Waals surface area contributed by atoms with E-state index in [1.165, 1.54) is 0 Å². The van der Waals surface area contributed by atoms with E-state index in [4.69, 9.17) is 5.26 Å². The third-order valence-corrected chi connectivity index (χ3v) is 5.03. The minimum absolute atomic E-state index is 0.168. The van der Waals surface area contributed by atoms with Crippen molar-refractivity contribution in [3.05, 3.63) is 29.8 Å². The predicted molar refractivity (Wildman–Crippen MR) is 51.1 cm³/mol. The summed E-state index contributed by atoms with van der Waals surface area (Å²) in [5, 5.41) is 8.77. The first kappa shape index (κ1) is 11.0. The number of sulfone groups is 1. The zero-order valence-electron chi connectivity index (χ0n) is 8.07. The van der Waals surface area contributed by atoms with E-state index < -0.39 is 31.1 Å². The molecule has 16 heavy (non-hydrogen) atoms. The van der Waals surface area contributed by atoms with Crippen LogP contribution in [0.25, 0.3) is 0 Å². The molecule has 1 saturated carbocycles. The first-order valence-corrected chi connectivity index (χ1v) is 6.02. The van der Waals surface area contributed by atoms with E-state index in [1.807, 2.05) is 0 Å². The Hall–Kier alpha value is -1.48. The molecule has 2 rings (SSSR count). The van der Waals surface area contributed by atoms with Gasteiger partial charge < -0.3 is 0 Å². The second kappa shape index (κ2) is 3.25. The maximum absolute atomic E-state index is 13.3. The zero-order chi connectivity index (χ0) is 12.0. The van der Waals surface area contributed by atoms with Gasteiger partial charge in [-0.15, -0.1) is 0 Å². The molecule has 1 aromatic carbocycles. The second-order valence-electron chi connectivity index (χ2n) is 3.68. The molecule has 0 aromatic heterocycles. The topological polar surface area (TPSA) is 57.9 Å². The van der Waals surface area contributed by atoms with Gasteiger partial charge in [-0.1, -0.05) is 0 Å². The van der Waals surface area contributed by atoms with Crippen LogP contribution in [0.4, 0.5) is 8.78 Å². The number of halogens is 2. The Bertz CT molecular complexity index is 585. The molecule has 0 atom stereocenters. The van der Waals surface area contributed by atoms with Crippen LogP contribution in [0.2, 0.25) is 0 Å². The summed E-state index contributed by atoms with van der Waals surface area (Å²) >= 11 is 0. The van der Waals surface area contributed by atoms with E-state index in [2.05, 4.69) is 0 Å². The Kier molecular flexibility index (Phi) is 2.24. The number of benzene rings is 1. The Balaban J connectivity index is 2.62. The smallest absolute Gasteiger partial charge is 0.200 e. The molecule has 0 N–H and O–H groups in total. The third-order valence-electron chi connectivity index (χ3n) is 2.61. The first-order valence-electron chi connectivity index (χ1n) is 4.54. The molecule has 84 valence electrons. The summed E-state index contributed by atoms with van der Waals surface area (Å²) in [5.41, 5.74) is 0. The van der Waals surface area contributed by atoms with Crippen LogP contribution >= 0.6 is 0 Å². The fourth-order valence-electron chi connectivity index (χ4n) is 1.45. The lowest BCUT2D eigenvalue weighted by Gasteiger charge is -2.09. The average Bonchev–Trinajstić information content (AvgIpc) is 3.02. The van der Waals surface area contributed by atoms with E-state index in [0.29, 0.717) is 6.07 Å². The highest BCUT2D eigenvalue weighted by Crippen LogP contribution is 2.46. The van der Waals surface area contributed by atoms with Gasteiger partial charge in [0.2, 0.25) is 0 Å². The van der Waals surface area contributed by atoms with Gasteiger partial charge in [0.15, 0.2) is 14.6 Å². The minimum atomic E-state index is -4.11. The Labute approximate surface area is 91.2 Å². The van der Waals surface area contributed by atoms with Gasteiger partial charge in [0.05, 0.1) is 6.07 Å². The van der Waals surface area contributed by atoms with Crippen LogP contribution in [0.1, 0.15) is 12.8 Å². The van der Waals surface area contributed by atoms with Crippen LogP contribution in [0.3, 0.4) is 0 Å². The molecule has 0 aliphatic heterocycles. The SMILES string of the molecule is N#CC1(S(=O)(=O)c2cc(F)ccc2F)CC1. The summed E-state index contributed by atoms with van der Waals surface area (Å²) in [7, 11) is -4.11. The van der Waals surface area contributed by atoms with Crippen molar-refractivity contribution in [2.24, 2.45) is 0 Å². The highest BCUT2D eigenvalue weighted by molar-refractivity contribution is 7.93. The number of nitrogens with zero attached hydrogens (tertiary/aromatic N) is 1. The van der Waals surface area contributed by atoms with Crippen LogP contribution in [0.15, 0.2) is 23.1 Å². The van der Waals surface area contributed by atoms with Gasteiger partial charge in [0.25, 0.3) is 0 Å². The lowest BCUT2D eigenvalue weighted by molar-refractivity contribution is 0.549. The fraction of sp³-hybridized carbons (Fsp3) is 0.300. The van der Waals surface area contributed by atoms with Gasteiger partial charge in [-0.05, 0) is 31.0 Å². The molecule has 3 nitrogen and oxygen atoms in total. The maximum Gasteiger partial charge on any atom is 0.200 e. The highest BCUT2D eigenvalue weighted by atomic mass is 32.2. The summed E-state index contributed by atoms with van der Waals surface area (Å²) in [5.74, 6) is -1.86. The molecular weight excluding hydrogens is 236 g/mol. The molecule has 1 aliphatic carbocycles. The molecule has 0 bridgehead atoms. The van der Waals surface area contributed by atoms with Crippen LogP contribution in [-0.2, 0) is 9.84 Å². The van der Waals surface area contributed by atoms with Crippen molar-refractivity contribution in [2.75, 3.05) is 0 Å². The van der Waals surface area contributed by atoms with Crippen molar-refractivity contribution in [1.29, 1.82) is 5.26 Å². The molecule has 0 radical (unpaired) electrons. The molecular formula is C10H7F2NO2S. The van der Waals surface area contributed by atoms with Gasteiger partial charge >= 0.3 is 0 Å². The summed E-state index contributed by atoms with van der Waals surface area (Å²) in [6.45, 7) is 0. The van der Waals surface area contributed by atoms with Crippen molar-refractivity contribution in [1.82, 2.24) is 0 Å². The summed E-state index contributed by atoms with van der Waals surface area (Å²) in [6.07, 6.45) is 0.337. The Morgan fingerprint density at radius 2 is 1.94 bits per heavy atom. The number of hydrogen-bond acceptors (Lipinski definition) is 3. The number of hydrogen-bond donors (Lipinski definition) is 0. The van der Waals surface area contributed by atoms with E-state index in [0.717, 1.165) is 12.1 Å². The molecule has 0 amide bonds. The Morgan fingerprint density at radius 3 is 2.44 bits per heavy atom. The van der Waals surface area contributed by atoms with E-state index in [1.54, 1.807) is 6.07 Å². The van der Waals surface area contributed by atoms with E-state index >= 15 is 0 Å². The maximum atomic E-state index is 13.3. The van der Waals surface area contributed by atoms with Crippen LogP contribution in [-0.4, -0.2) is 13.2 Å². The van der Waals surface area contributed by atoms with Gasteiger partial charge in [-0.2, -0.15) is 5.26 Å². The number of rotatable bonds is 2. The molecule has 0 saturated heterocycles. The lowest BCUT2D eigenvalue weighted by Crippen LogP contribution is -2.22. The molecule has 1 aromatic rings. The molecule has 6 heteroatoms. The molecule has 0 unspecified atom stereocenters. The first-order chi connectivity index (χ1) is 7.43. The van der Waals surface area contributed by atoms with Gasteiger partial charge in [-0.3, -0.25) is 0 Å². The largest absolute Gasteiger partial charge is 0.222 e. The summed E-state index contributed by atoms with van der Waals surface area (Å²) in [6, 6.07) is 3.85. The molecule has 1 aliphatic rings. The molecule has 1 fully saturated rings. The standard InChI is InChI=1S/C10H7F2NO2S/c11-7-1-2-8(12)9(5-7)16(14,15)10(6-13)3-4-10/h1-2,5H,3-4H2. The normalized spacial score (nSPS) is 17.8. The second-order valence-corrected chi connectivity index (χ2v) is 5.91. The molecule has 0 heterocycles.